The standard InChI is InChI=1S/C11H19N3O3S/c1-8(18(2,15)16)10-13-11(17-14-10)9-6-4-3-5-7-12-9/h8-9,12H,3-7H2,1-2H3. The molecule has 2 heterocycles. The van der Waals surface area contributed by atoms with Crippen molar-refractivity contribution in [3.63, 3.8) is 0 Å². The van der Waals surface area contributed by atoms with Crippen molar-refractivity contribution in [3.8, 4) is 0 Å². The Morgan fingerprint density at radius 2 is 2.17 bits per heavy atom. The van der Waals surface area contributed by atoms with Gasteiger partial charge in [-0.2, -0.15) is 4.98 Å². The highest BCUT2D eigenvalue weighted by Crippen LogP contribution is 2.24. The van der Waals surface area contributed by atoms with Crippen LogP contribution in [0.2, 0.25) is 0 Å². The third-order valence-corrected chi connectivity index (χ3v) is 4.82. The molecule has 0 spiro atoms. The summed E-state index contributed by atoms with van der Waals surface area (Å²) in [5.74, 6) is 0.751. The summed E-state index contributed by atoms with van der Waals surface area (Å²) in [6.07, 6.45) is 5.60. The van der Waals surface area contributed by atoms with E-state index in [4.69, 9.17) is 4.52 Å². The van der Waals surface area contributed by atoms with Crippen molar-refractivity contribution in [2.75, 3.05) is 12.8 Å². The van der Waals surface area contributed by atoms with Crippen LogP contribution in [0.5, 0.6) is 0 Å². The van der Waals surface area contributed by atoms with E-state index in [2.05, 4.69) is 15.5 Å². The first-order valence-corrected chi connectivity index (χ1v) is 8.19. The molecule has 0 aromatic carbocycles. The summed E-state index contributed by atoms with van der Waals surface area (Å²) >= 11 is 0. The van der Waals surface area contributed by atoms with Crippen LogP contribution in [0.3, 0.4) is 0 Å². The smallest absolute Gasteiger partial charge is 0.243 e. The van der Waals surface area contributed by atoms with Crippen LogP contribution in [0.15, 0.2) is 4.52 Å². The summed E-state index contributed by atoms with van der Waals surface area (Å²) in [6.45, 7) is 2.51. The minimum atomic E-state index is -3.19. The molecule has 0 saturated carbocycles. The van der Waals surface area contributed by atoms with Crippen LogP contribution in [0.25, 0.3) is 0 Å². The molecule has 0 bridgehead atoms. The van der Waals surface area contributed by atoms with Gasteiger partial charge in [0, 0.05) is 6.26 Å². The highest BCUT2D eigenvalue weighted by Gasteiger charge is 2.26. The van der Waals surface area contributed by atoms with Gasteiger partial charge in [0.05, 0.1) is 6.04 Å². The molecule has 18 heavy (non-hydrogen) atoms. The molecule has 6 nitrogen and oxygen atoms in total. The number of hydrogen-bond donors (Lipinski definition) is 1. The maximum atomic E-state index is 11.4. The molecule has 0 amide bonds. The molecule has 0 radical (unpaired) electrons. The number of nitrogens with zero attached hydrogens (tertiary/aromatic N) is 2. The van der Waals surface area contributed by atoms with Crippen LogP contribution >= 0.6 is 0 Å². The van der Waals surface area contributed by atoms with E-state index in [1.54, 1.807) is 6.92 Å². The molecule has 1 aromatic rings. The molecule has 2 atom stereocenters. The molecule has 7 heteroatoms. The molecule has 2 rings (SSSR count). The fourth-order valence-corrected chi connectivity index (χ4v) is 2.46. The monoisotopic (exact) mass is 273 g/mol. The third-order valence-electron chi connectivity index (χ3n) is 3.32. The van der Waals surface area contributed by atoms with Gasteiger partial charge in [0.1, 0.15) is 5.25 Å². The SMILES string of the molecule is CC(c1noc(C2CCCCCN2)n1)S(C)(=O)=O. The fourth-order valence-electron chi connectivity index (χ4n) is 1.98. The summed E-state index contributed by atoms with van der Waals surface area (Å²) in [5, 5.41) is 6.40. The molecule has 1 aromatic heterocycles. The number of aromatic nitrogens is 2. The van der Waals surface area contributed by atoms with Crippen molar-refractivity contribution in [1.82, 2.24) is 15.5 Å². The predicted octanol–water partition coefficient (Wildman–Crippen LogP) is 1.38. The van der Waals surface area contributed by atoms with Crippen LogP contribution in [-0.4, -0.2) is 31.4 Å². The first-order valence-electron chi connectivity index (χ1n) is 6.24. The lowest BCUT2D eigenvalue weighted by Crippen LogP contribution is -2.20. The summed E-state index contributed by atoms with van der Waals surface area (Å²) in [6, 6.07) is 0.0560. The Hall–Kier alpha value is -0.950. The van der Waals surface area contributed by atoms with Gasteiger partial charge in [-0.05, 0) is 26.3 Å². The van der Waals surface area contributed by atoms with Crippen molar-refractivity contribution < 1.29 is 12.9 Å². The van der Waals surface area contributed by atoms with Gasteiger partial charge in [0.2, 0.25) is 5.89 Å². The van der Waals surface area contributed by atoms with E-state index in [0.717, 1.165) is 25.8 Å². The number of rotatable bonds is 3. The molecule has 1 aliphatic rings. The van der Waals surface area contributed by atoms with Crippen LogP contribution in [0.1, 0.15) is 55.6 Å². The van der Waals surface area contributed by atoms with Crippen molar-refractivity contribution in [1.29, 1.82) is 0 Å². The number of sulfone groups is 1. The summed E-state index contributed by atoms with van der Waals surface area (Å²) in [5.41, 5.74) is 0. The molecule has 102 valence electrons. The van der Waals surface area contributed by atoms with Crippen LogP contribution in [-0.2, 0) is 9.84 Å². The second kappa shape index (κ2) is 5.36. The van der Waals surface area contributed by atoms with Gasteiger partial charge in [-0.3, -0.25) is 0 Å². The van der Waals surface area contributed by atoms with E-state index in [-0.39, 0.29) is 11.9 Å². The van der Waals surface area contributed by atoms with Gasteiger partial charge in [0.25, 0.3) is 0 Å². The lowest BCUT2D eigenvalue weighted by atomic mass is 10.1. The highest BCUT2D eigenvalue weighted by atomic mass is 32.2. The topological polar surface area (TPSA) is 85.1 Å². The first kappa shape index (κ1) is 13.5. The first-order chi connectivity index (χ1) is 8.48. The normalized spacial score (nSPS) is 23.6. The van der Waals surface area contributed by atoms with Crippen molar-refractivity contribution in [3.05, 3.63) is 11.7 Å². The summed E-state index contributed by atoms with van der Waals surface area (Å²) in [7, 11) is -3.19. The average Bonchev–Trinajstić information content (AvgIpc) is 2.62. The molecule has 1 saturated heterocycles. The lowest BCUT2D eigenvalue weighted by molar-refractivity contribution is 0.324. The quantitative estimate of drug-likeness (QED) is 0.895. The van der Waals surface area contributed by atoms with Crippen molar-refractivity contribution >= 4 is 9.84 Å². The molecule has 1 fully saturated rings. The summed E-state index contributed by atoms with van der Waals surface area (Å²) < 4.78 is 28.1. The Bertz CT molecular complexity index is 489. The van der Waals surface area contributed by atoms with E-state index >= 15 is 0 Å². The largest absolute Gasteiger partial charge is 0.338 e. The zero-order valence-electron chi connectivity index (χ0n) is 10.7. The van der Waals surface area contributed by atoms with Gasteiger partial charge >= 0.3 is 0 Å². The van der Waals surface area contributed by atoms with E-state index in [1.165, 1.54) is 12.7 Å². The maximum absolute atomic E-state index is 11.4. The van der Waals surface area contributed by atoms with Crippen LogP contribution in [0.4, 0.5) is 0 Å². The van der Waals surface area contributed by atoms with Gasteiger partial charge in [-0.1, -0.05) is 18.0 Å². The zero-order chi connectivity index (χ0) is 13.2. The second-order valence-electron chi connectivity index (χ2n) is 4.82. The minimum Gasteiger partial charge on any atom is -0.338 e. The van der Waals surface area contributed by atoms with Gasteiger partial charge in [0.15, 0.2) is 15.7 Å². The van der Waals surface area contributed by atoms with E-state index < -0.39 is 15.1 Å². The molecular weight excluding hydrogens is 254 g/mol. The molecule has 1 aliphatic heterocycles. The third kappa shape index (κ3) is 3.08. The Morgan fingerprint density at radius 3 is 2.89 bits per heavy atom. The number of nitrogens with one attached hydrogen (secondary N) is 1. The second-order valence-corrected chi connectivity index (χ2v) is 7.18. The summed E-state index contributed by atoms with van der Waals surface area (Å²) in [4.78, 5) is 4.22. The molecule has 2 unspecified atom stereocenters. The van der Waals surface area contributed by atoms with Gasteiger partial charge in [-0.25, -0.2) is 8.42 Å². The Labute approximate surface area is 107 Å². The van der Waals surface area contributed by atoms with Crippen LogP contribution in [0, 0.1) is 0 Å². The highest BCUT2D eigenvalue weighted by molar-refractivity contribution is 7.90. The zero-order valence-corrected chi connectivity index (χ0v) is 11.5. The average molecular weight is 273 g/mol. The Kier molecular flexibility index (Phi) is 4.01. The van der Waals surface area contributed by atoms with E-state index in [1.807, 2.05) is 0 Å². The Morgan fingerprint density at radius 1 is 1.39 bits per heavy atom. The maximum Gasteiger partial charge on any atom is 0.243 e. The molecule has 1 N–H and O–H groups in total. The lowest BCUT2D eigenvalue weighted by Gasteiger charge is -2.09. The van der Waals surface area contributed by atoms with Crippen LogP contribution < -0.4 is 5.32 Å². The number of hydrogen-bond acceptors (Lipinski definition) is 6. The molecule has 0 aliphatic carbocycles. The molecular formula is C11H19N3O3S. The van der Waals surface area contributed by atoms with E-state index in [0.29, 0.717) is 5.89 Å². The fraction of sp³-hybridized carbons (Fsp3) is 0.818. The van der Waals surface area contributed by atoms with Gasteiger partial charge < -0.3 is 9.84 Å². The minimum absolute atomic E-state index is 0.0560. The van der Waals surface area contributed by atoms with Gasteiger partial charge in [-0.15, -0.1) is 0 Å². The Balaban J connectivity index is 2.14. The van der Waals surface area contributed by atoms with Crippen molar-refractivity contribution in [2.45, 2.75) is 43.9 Å². The van der Waals surface area contributed by atoms with E-state index in [9.17, 15) is 8.42 Å². The van der Waals surface area contributed by atoms with Crippen molar-refractivity contribution in [2.24, 2.45) is 0 Å². The predicted molar refractivity (Wildman–Crippen MR) is 66.8 cm³/mol.